The van der Waals surface area contributed by atoms with Crippen molar-refractivity contribution in [1.29, 1.82) is 0 Å². The normalized spacial score (nSPS) is 20.1. The lowest BCUT2D eigenvalue weighted by atomic mass is 10.0. The van der Waals surface area contributed by atoms with Crippen molar-refractivity contribution < 1.29 is 8.42 Å². The monoisotopic (exact) mass is 358 g/mol. The first-order chi connectivity index (χ1) is 10.5. The van der Waals surface area contributed by atoms with Crippen LogP contribution in [0.2, 0.25) is 5.02 Å². The molecule has 2 aromatic rings. The molecule has 1 aromatic carbocycles. The lowest BCUT2D eigenvalue weighted by molar-refractivity contribution is 0.314. The van der Waals surface area contributed by atoms with Gasteiger partial charge in [-0.1, -0.05) is 22.9 Å². The van der Waals surface area contributed by atoms with Gasteiger partial charge in [-0.15, -0.1) is 10.2 Å². The summed E-state index contributed by atoms with van der Waals surface area (Å²) in [6, 6.07) is 6.23. The van der Waals surface area contributed by atoms with E-state index in [1.807, 2.05) is 0 Å². The summed E-state index contributed by atoms with van der Waals surface area (Å²) >= 11 is 7.14. The first kappa shape index (κ1) is 15.7. The van der Waals surface area contributed by atoms with Crippen LogP contribution < -0.4 is 5.73 Å². The maximum atomic E-state index is 12.7. The molecule has 0 spiro atoms. The van der Waals surface area contributed by atoms with E-state index in [1.165, 1.54) is 27.8 Å². The summed E-state index contributed by atoms with van der Waals surface area (Å²) in [4.78, 5) is 0.259. The van der Waals surface area contributed by atoms with Gasteiger partial charge < -0.3 is 5.73 Å². The molecule has 1 aliphatic heterocycles. The predicted octanol–water partition coefficient (Wildman–Crippen LogP) is 2.34. The molecule has 0 unspecified atom stereocenters. The van der Waals surface area contributed by atoms with Gasteiger partial charge in [0.25, 0.3) is 0 Å². The first-order valence-corrected chi connectivity index (χ1v) is 9.45. The number of hydrogen-bond acceptors (Lipinski definition) is 6. The zero-order valence-electron chi connectivity index (χ0n) is 11.6. The van der Waals surface area contributed by atoms with Crippen LogP contribution in [0.5, 0.6) is 0 Å². The smallest absolute Gasteiger partial charge is 0.243 e. The second-order valence-electron chi connectivity index (χ2n) is 5.13. The predicted molar refractivity (Wildman–Crippen MR) is 86.5 cm³/mol. The molecule has 3 rings (SSSR count). The van der Waals surface area contributed by atoms with E-state index in [-0.39, 0.29) is 10.8 Å². The number of aromatic nitrogens is 2. The number of piperidine rings is 1. The van der Waals surface area contributed by atoms with E-state index in [0.717, 1.165) is 17.8 Å². The fourth-order valence-electron chi connectivity index (χ4n) is 2.53. The Kier molecular flexibility index (Phi) is 4.35. The van der Waals surface area contributed by atoms with Crippen LogP contribution in [0.25, 0.3) is 0 Å². The second-order valence-corrected chi connectivity index (χ2v) is 8.55. The second kappa shape index (κ2) is 6.11. The SMILES string of the molecule is Nc1nnc([C@H]2CCCN(S(=O)(=O)c3ccc(Cl)cc3)C2)s1. The minimum atomic E-state index is -3.51. The quantitative estimate of drug-likeness (QED) is 0.909. The molecule has 0 amide bonds. The summed E-state index contributed by atoms with van der Waals surface area (Å²) in [5, 5.41) is 9.58. The van der Waals surface area contributed by atoms with E-state index in [2.05, 4.69) is 10.2 Å². The average molecular weight is 359 g/mol. The molecule has 0 saturated carbocycles. The zero-order valence-corrected chi connectivity index (χ0v) is 14.0. The highest BCUT2D eigenvalue weighted by atomic mass is 35.5. The highest BCUT2D eigenvalue weighted by Gasteiger charge is 2.32. The zero-order chi connectivity index (χ0) is 15.7. The van der Waals surface area contributed by atoms with Crippen molar-refractivity contribution in [2.45, 2.75) is 23.7 Å². The Morgan fingerprint density at radius 2 is 2.00 bits per heavy atom. The van der Waals surface area contributed by atoms with Gasteiger partial charge in [-0.25, -0.2) is 8.42 Å². The summed E-state index contributed by atoms with van der Waals surface area (Å²) in [5.74, 6) is 0.0469. The molecule has 0 aliphatic carbocycles. The van der Waals surface area contributed by atoms with E-state index in [4.69, 9.17) is 17.3 Å². The minimum absolute atomic E-state index is 0.0469. The third-order valence-electron chi connectivity index (χ3n) is 3.64. The molecular formula is C13H15ClN4O2S2. The first-order valence-electron chi connectivity index (χ1n) is 6.81. The maximum Gasteiger partial charge on any atom is 0.243 e. The van der Waals surface area contributed by atoms with Crippen LogP contribution in [0.3, 0.4) is 0 Å². The summed E-state index contributed by atoms with van der Waals surface area (Å²) in [7, 11) is -3.51. The highest BCUT2D eigenvalue weighted by Crippen LogP contribution is 2.32. The topological polar surface area (TPSA) is 89.2 Å². The van der Waals surface area contributed by atoms with Crippen molar-refractivity contribution in [3.8, 4) is 0 Å². The number of hydrogen-bond donors (Lipinski definition) is 1. The Bertz CT molecular complexity index is 761. The molecule has 0 radical (unpaired) electrons. The van der Waals surface area contributed by atoms with E-state index in [0.29, 0.717) is 23.2 Å². The number of nitrogen functional groups attached to an aromatic ring is 1. The van der Waals surface area contributed by atoms with Gasteiger partial charge in [0.15, 0.2) is 0 Å². The van der Waals surface area contributed by atoms with Gasteiger partial charge in [0.2, 0.25) is 15.2 Å². The van der Waals surface area contributed by atoms with Gasteiger partial charge in [0, 0.05) is 24.0 Å². The highest BCUT2D eigenvalue weighted by molar-refractivity contribution is 7.89. The molecule has 22 heavy (non-hydrogen) atoms. The maximum absolute atomic E-state index is 12.7. The van der Waals surface area contributed by atoms with Gasteiger partial charge in [-0.2, -0.15) is 4.31 Å². The number of nitrogens with zero attached hydrogens (tertiary/aromatic N) is 3. The van der Waals surface area contributed by atoms with Gasteiger partial charge in [0.05, 0.1) is 4.90 Å². The van der Waals surface area contributed by atoms with E-state index in [1.54, 1.807) is 12.1 Å². The van der Waals surface area contributed by atoms with Crippen LogP contribution >= 0.6 is 22.9 Å². The largest absolute Gasteiger partial charge is 0.374 e. The van der Waals surface area contributed by atoms with Crippen molar-refractivity contribution >= 4 is 38.1 Å². The number of nitrogens with two attached hydrogens (primary N) is 1. The fraction of sp³-hybridized carbons (Fsp3) is 0.385. The van der Waals surface area contributed by atoms with Gasteiger partial charge >= 0.3 is 0 Å². The number of benzene rings is 1. The van der Waals surface area contributed by atoms with Crippen molar-refractivity contribution in [3.63, 3.8) is 0 Å². The van der Waals surface area contributed by atoms with Crippen molar-refractivity contribution in [1.82, 2.24) is 14.5 Å². The number of halogens is 1. The molecule has 1 saturated heterocycles. The molecule has 0 bridgehead atoms. The number of anilines is 1. The molecule has 1 aromatic heterocycles. The van der Waals surface area contributed by atoms with E-state index >= 15 is 0 Å². The molecule has 1 aliphatic rings. The standard InChI is InChI=1S/C13H15ClN4O2S2/c14-10-3-5-11(6-4-10)22(19,20)18-7-1-2-9(8-18)12-16-17-13(15)21-12/h3-6,9H,1-2,7-8H2,(H2,15,17)/t9-/m0/s1. The lowest BCUT2D eigenvalue weighted by Crippen LogP contribution is -2.39. The fourth-order valence-corrected chi connectivity index (χ4v) is 4.92. The Morgan fingerprint density at radius 3 is 2.64 bits per heavy atom. The Hall–Kier alpha value is -1.22. The minimum Gasteiger partial charge on any atom is -0.374 e. The van der Waals surface area contributed by atoms with E-state index < -0.39 is 10.0 Å². The average Bonchev–Trinajstić information content (AvgIpc) is 2.94. The third kappa shape index (κ3) is 3.10. The van der Waals surface area contributed by atoms with Crippen LogP contribution in [0.1, 0.15) is 23.8 Å². The lowest BCUT2D eigenvalue weighted by Gasteiger charge is -2.30. The van der Waals surface area contributed by atoms with Crippen molar-refractivity contribution in [3.05, 3.63) is 34.3 Å². The molecule has 9 heteroatoms. The summed E-state index contributed by atoms with van der Waals surface area (Å²) in [5.41, 5.74) is 5.61. The van der Waals surface area contributed by atoms with Crippen LogP contribution in [0, 0.1) is 0 Å². The van der Waals surface area contributed by atoms with E-state index in [9.17, 15) is 8.42 Å². The van der Waals surface area contributed by atoms with Gasteiger partial charge in [0.1, 0.15) is 5.01 Å². The molecular weight excluding hydrogens is 344 g/mol. The Morgan fingerprint density at radius 1 is 1.27 bits per heavy atom. The van der Waals surface area contributed by atoms with Crippen LogP contribution in [-0.4, -0.2) is 36.0 Å². The van der Waals surface area contributed by atoms with Crippen molar-refractivity contribution in [2.24, 2.45) is 0 Å². The summed E-state index contributed by atoms with van der Waals surface area (Å²) in [6.45, 7) is 0.912. The molecule has 1 atom stereocenters. The third-order valence-corrected chi connectivity index (χ3v) is 6.69. The van der Waals surface area contributed by atoms with Crippen LogP contribution in [0.4, 0.5) is 5.13 Å². The van der Waals surface area contributed by atoms with Crippen molar-refractivity contribution in [2.75, 3.05) is 18.8 Å². The Labute approximate surface area is 138 Å². The van der Waals surface area contributed by atoms with Gasteiger partial charge in [-0.05, 0) is 37.1 Å². The van der Waals surface area contributed by atoms with Crippen LogP contribution in [-0.2, 0) is 10.0 Å². The molecule has 2 N–H and O–H groups in total. The number of sulfonamides is 1. The summed E-state index contributed by atoms with van der Waals surface area (Å²) < 4.78 is 26.9. The van der Waals surface area contributed by atoms with Gasteiger partial charge in [-0.3, -0.25) is 0 Å². The van der Waals surface area contributed by atoms with Crippen LogP contribution in [0.15, 0.2) is 29.2 Å². The summed E-state index contributed by atoms with van der Waals surface area (Å²) in [6.07, 6.45) is 1.68. The number of rotatable bonds is 3. The molecule has 6 nitrogen and oxygen atoms in total. The molecule has 118 valence electrons. The molecule has 2 heterocycles. The molecule has 1 fully saturated rings. The Balaban J connectivity index is 1.83.